The molecule has 5 heteroatoms. The lowest BCUT2D eigenvalue weighted by Crippen LogP contribution is -2.33. The van der Waals surface area contributed by atoms with Gasteiger partial charge in [-0.3, -0.25) is 9.59 Å². The lowest BCUT2D eigenvalue weighted by Gasteiger charge is -2.17. The van der Waals surface area contributed by atoms with Gasteiger partial charge in [0, 0.05) is 18.8 Å². The maximum absolute atomic E-state index is 13.6. The number of amides is 1. The zero-order valence-electron chi connectivity index (χ0n) is 10.9. The lowest BCUT2D eigenvalue weighted by atomic mass is 10.1. The molecule has 0 aliphatic carbocycles. The second-order valence-corrected chi connectivity index (χ2v) is 4.66. The standard InChI is InChI=1S/C14H17FN2O2/c1-10(18)14-11(15)5-4-6-12(14)16-9-13(19)17-7-2-3-8-17/h4-6,16H,2-3,7-9H2,1H3. The summed E-state index contributed by atoms with van der Waals surface area (Å²) in [5, 5.41) is 2.86. The topological polar surface area (TPSA) is 49.4 Å². The molecule has 0 radical (unpaired) electrons. The van der Waals surface area contributed by atoms with Crippen molar-refractivity contribution < 1.29 is 14.0 Å². The van der Waals surface area contributed by atoms with Crippen LogP contribution in [0.25, 0.3) is 0 Å². The minimum absolute atomic E-state index is 0.0109. The highest BCUT2D eigenvalue weighted by molar-refractivity contribution is 6.00. The maximum Gasteiger partial charge on any atom is 0.241 e. The molecule has 4 nitrogen and oxygen atoms in total. The first kappa shape index (κ1) is 13.5. The third-order valence-electron chi connectivity index (χ3n) is 3.25. The molecule has 1 fully saturated rings. The van der Waals surface area contributed by atoms with E-state index >= 15 is 0 Å². The number of rotatable bonds is 4. The Labute approximate surface area is 111 Å². The monoisotopic (exact) mass is 264 g/mol. The Hall–Kier alpha value is -1.91. The van der Waals surface area contributed by atoms with Gasteiger partial charge in [0.05, 0.1) is 12.1 Å². The number of carbonyl (C=O) groups excluding carboxylic acids is 2. The fraction of sp³-hybridized carbons (Fsp3) is 0.429. The molecule has 0 atom stereocenters. The van der Waals surface area contributed by atoms with Gasteiger partial charge in [-0.05, 0) is 31.9 Å². The van der Waals surface area contributed by atoms with Crippen LogP contribution in [0.5, 0.6) is 0 Å². The Morgan fingerprint density at radius 2 is 2.00 bits per heavy atom. The summed E-state index contributed by atoms with van der Waals surface area (Å²) in [4.78, 5) is 25.1. The van der Waals surface area contributed by atoms with Crippen molar-refractivity contribution in [3.63, 3.8) is 0 Å². The second kappa shape index (κ2) is 5.82. The lowest BCUT2D eigenvalue weighted by molar-refractivity contribution is -0.128. The second-order valence-electron chi connectivity index (χ2n) is 4.66. The van der Waals surface area contributed by atoms with Crippen molar-refractivity contribution in [1.82, 2.24) is 4.90 Å². The number of hydrogen-bond acceptors (Lipinski definition) is 3. The molecular weight excluding hydrogens is 247 g/mol. The molecule has 1 aromatic rings. The Kier molecular flexibility index (Phi) is 4.14. The van der Waals surface area contributed by atoms with Crippen LogP contribution in [0.1, 0.15) is 30.1 Å². The van der Waals surface area contributed by atoms with Gasteiger partial charge in [-0.25, -0.2) is 4.39 Å². The van der Waals surface area contributed by atoms with Crippen LogP contribution in [-0.4, -0.2) is 36.2 Å². The van der Waals surface area contributed by atoms with Crippen molar-refractivity contribution in [2.24, 2.45) is 0 Å². The predicted molar refractivity (Wildman–Crippen MR) is 70.7 cm³/mol. The average molecular weight is 264 g/mol. The van der Waals surface area contributed by atoms with Gasteiger partial charge in [0.2, 0.25) is 5.91 Å². The van der Waals surface area contributed by atoms with Gasteiger partial charge in [-0.1, -0.05) is 6.07 Å². The highest BCUT2D eigenvalue weighted by atomic mass is 19.1. The first-order valence-electron chi connectivity index (χ1n) is 6.40. The van der Waals surface area contributed by atoms with E-state index < -0.39 is 5.82 Å². The van der Waals surface area contributed by atoms with E-state index in [0.717, 1.165) is 25.9 Å². The van der Waals surface area contributed by atoms with Gasteiger partial charge in [0.1, 0.15) is 5.82 Å². The molecule has 1 N–H and O–H groups in total. The molecule has 1 aliphatic rings. The third-order valence-corrected chi connectivity index (χ3v) is 3.25. The molecule has 0 aromatic heterocycles. The van der Waals surface area contributed by atoms with Gasteiger partial charge in [-0.15, -0.1) is 0 Å². The fourth-order valence-corrected chi connectivity index (χ4v) is 2.28. The van der Waals surface area contributed by atoms with Crippen LogP contribution in [0.4, 0.5) is 10.1 Å². The molecule has 2 rings (SSSR count). The Morgan fingerprint density at radius 1 is 1.32 bits per heavy atom. The summed E-state index contributed by atoms with van der Waals surface area (Å²) >= 11 is 0. The van der Waals surface area contributed by atoms with Gasteiger partial charge >= 0.3 is 0 Å². The molecule has 0 bridgehead atoms. The highest BCUT2D eigenvalue weighted by Crippen LogP contribution is 2.19. The molecule has 1 aromatic carbocycles. The van der Waals surface area contributed by atoms with Crippen LogP contribution in [0.3, 0.4) is 0 Å². The normalized spacial score (nSPS) is 14.5. The third kappa shape index (κ3) is 3.10. The van der Waals surface area contributed by atoms with Crippen molar-refractivity contribution in [3.05, 3.63) is 29.6 Å². The highest BCUT2D eigenvalue weighted by Gasteiger charge is 2.18. The largest absolute Gasteiger partial charge is 0.375 e. The minimum Gasteiger partial charge on any atom is -0.375 e. The summed E-state index contributed by atoms with van der Waals surface area (Å²) in [6.07, 6.45) is 2.06. The van der Waals surface area contributed by atoms with Crippen LogP contribution in [0.2, 0.25) is 0 Å². The molecule has 0 saturated carbocycles. The summed E-state index contributed by atoms with van der Waals surface area (Å²) in [7, 11) is 0. The van der Waals surface area contributed by atoms with Crippen LogP contribution in [0, 0.1) is 5.82 Å². The summed E-state index contributed by atoms with van der Waals surface area (Å²) in [5.41, 5.74) is 0.386. The predicted octanol–water partition coefficient (Wildman–Crippen LogP) is 2.06. The minimum atomic E-state index is -0.564. The van der Waals surface area contributed by atoms with E-state index in [9.17, 15) is 14.0 Å². The molecule has 19 heavy (non-hydrogen) atoms. The molecule has 1 amide bonds. The maximum atomic E-state index is 13.6. The van der Waals surface area contributed by atoms with Gasteiger partial charge in [0.15, 0.2) is 5.78 Å². The molecule has 102 valence electrons. The Bertz CT molecular complexity index is 496. The summed E-state index contributed by atoms with van der Waals surface area (Å²) in [6, 6.07) is 4.37. The number of benzene rings is 1. The molecule has 1 heterocycles. The van der Waals surface area contributed by atoms with Crippen molar-refractivity contribution in [2.45, 2.75) is 19.8 Å². The van der Waals surface area contributed by atoms with Crippen molar-refractivity contribution in [3.8, 4) is 0 Å². The average Bonchev–Trinajstić information content (AvgIpc) is 2.89. The van der Waals surface area contributed by atoms with Crippen LogP contribution in [0.15, 0.2) is 18.2 Å². The van der Waals surface area contributed by atoms with E-state index in [0.29, 0.717) is 5.69 Å². The quantitative estimate of drug-likeness (QED) is 0.847. The SMILES string of the molecule is CC(=O)c1c(F)cccc1NCC(=O)N1CCCC1. The van der Waals surface area contributed by atoms with Gasteiger partial charge in [-0.2, -0.15) is 0 Å². The van der Waals surface area contributed by atoms with Gasteiger partial charge < -0.3 is 10.2 Å². The van der Waals surface area contributed by atoms with Crippen molar-refractivity contribution in [1.29, 1.82) is 0 Å². The van der Waals surface area contributed by atoms with E-state index in [1.165, 1.54) is 19.1 Å². The number of carbonyl (C=O) groups is 2. The number of nitrogens with zero attached hydrogens (tertiary/aromatic N) is 1. The van der Waals surface area contributed by atoms with E-state index in [2.05, 4.69) is 5.32 Å². The fourth-order valence-electron chi connectivity index (χ4n) is 2.28. The van der Waals surface area contributed by atoms with Crippen LogP contribution >= 0.6 is 0 Å². The van der Waals surface area contributed by atoms with E-state index in [1.807, 2.05) is 0 Å². The van der Waals surface area contributed by atoms with E-state index in [-0.39, 0.29) is 23.8 Å². The Balaban J connectivity index is 2.05. The van der Waals surface area contributed by atoms with Crippen molar-refractivity contribution >= 4 is 17.4 Å². The Morgan fingerprint density at radius 3 is 2.63 bits per heavy atom. The zero-order valence-corrected chi connectivity index (χ0v) is 10.9. The molecular formula is C14H17FN2O2. The summed E-state index contributed by atoms with van der Waals surface area (Å²) in [6.45, 7) is 2.96. The molecule has 0 spiro atoms. The molecule has 1 aliphatic heterocycles. The number of ketones is 1. The van der Waals surface area contributed by atoms with Crippen LogP contribution in [-0.2, 0) is 4.79 Å². The number of Topliss-reactive ketones (excluding diaryl/α,β-unsaturated/α-hetero) is 1. The summed E-state index contributed by atoms with van der Waals surface area (Å²) < 4.78 is 13.6. The number of nitrogens with one attached hydrogen (secondary N) is 1. The molecule has 1 saturated heterocycles. The number of hydrogen-bond donors (Lipinski definition) is 1. The summed E-state index contributed by atoms with van der Waals surface area (Å²) in [5.74, 6) is -0.934. The van der Waals surface area contributed by atoms with Crippen molar-refractivity contribution in [2.75, 3.05) is 25.0 Å². The first-order chi connectivity index (χ1) is 9.09. The number of halogens is 1. The number of likely N-dealkylation sites (tertiary alicyclic amines) is 1. The van der Waals surface area contributed by atoms with Gasteiger partial charge in [0.25, 0.3) is 0 Å². The van der Waals surface area contributed by atoms with E-state index in [1.54, 1.807) is 11.0 Å². The molecule has 0 unspecified atom stereocenters. The van der Waals surface area contributed by atoms with E-state index in [4.69, 9.17) is 0 Å². The van der Waals surface area contributed by atoms with Crippen LogP contribution < -0.4 is 5.32 Å². The smallest absolute Gasteiger partial charge is 0.241 e. The number of anilines is 1. The zero-order chi connectivity index (χ0) is 13.8. The first-order valence-corrected chi connectivity index (χ1v) is 6.40.